The Morgan fingerprint density at radius 2 is 1.90 bits per heavy atom. The zero-order chi connectivity index (χ0) is 21.9. The van der Waals surface area contributed by atoms with E-state index >= 15 is 0 Å². The van der Waals surface area contributed by atoms with Gasteiger partial charge >= 0.3 is 12.4 Å². The molecule has 1 aromatic rings. The van der Waals surface area contributed by atoms with Crippen LogP contribution >= 0.6 is 0 Å². The number of hydrogen-bond donors (Lipinski definition) is 1. The normalized spacial score (nSPS) is 18.1. The molecule has 2 fully saturated rings. The molecule has 0 bridgehead atoms. The van der Waals surface area contributed by atoms with Gasteiger partial charge in [0.05, 0.1) is 0 Å². The van der Waals surface area contributed by atoms with Gasteiger partial charge in [0.25, 0.3) is 5.91 Å². The Morgan fingerprint density at radius 1 is 1.23 bits per heavy atom. The zero-order valence-corrected chi connectivity index (χ0v) is 16.6. The Kier molecular flexibility index (Phi) is 6.23. The molecule has 10 heteroatoms. The summed E-state index contributed by atoms with van der Waals surface area (Å²) in [4.78, 5) is 39.6. The van der Waals surface area contributed by atoms with Gasteiger partial charge in [-0.25, -0.2) is 4.79 Å². The largest absolute Gasteiger partial charge is 0.573 e. The molecule has 0 unspecified atom stereocenters. The first-order valence-corrected chi connectivity index (χ1v) is 9.83. The fourth-order valence-corrected chi connectivity index (χ4v) is 3.98. The highest BCUT2D eigenvalue weighted by atomic mass is 19.4. The number of nitrogens with one attached hydrogen (secondary N) is 1. The van der Waals surface area contributed by atoms with Crippen LogP contribution in [0.4, 0.5) is 18.0 Å². The number of benzene rings is 1. The first-order valence-electron chi connectivity index (χ1n) is 9.83. The molecule has 1 aliphatic heterocycles. The minimum absolute atomic E-state index is 0.0582. The highest BCUT2D eigenvalue weighted by molar-refractivity contribution is 6.07. The molecule has 1 aromatic carbocycles. The highest BCUT2D eigenvalue weighted by Gasteiger charge is 2.52. The van der Waals surface area contributed by atoms with E-state index in [1.807, 2.05) is 0 Å². The monoisotopic (exact) mass is 427 g/mol. The molecule has 4 amide bonds. The number of nitrogens with zero attached hydrogens (tertiary/aromatic N) is 2. The Labute approximate surface area is 172 Å². The molecule has 2 aliphatic rings. The van der Waals surface area contributed by atoms with E-state index in [4.69, 9.17) is 0 Å². The standard InChI is InChI=1S/C20H24F3N3O4/c1-25(13-14-7-2-3-8-15(14)30-20(21,22)23)16(27)9-6-12-26-17(28)19(24-18(26)29)10-4-5-11-19/h2-3,7-8H,4-6,9-13H2,1H3,(H,24,29). The Balaban J connectivity index is 1.51. The molecule has 7 nitrogen and oxygen atoms in total. The van der Waals surface area contributed by atoms with Crippen molar-refractivity contribution in [2.24, 2.45) is 0 Å². The van der Waals surface area contributed by atoms with Crippen molar-refractivity contribution in [3.05, 3.63) is 29.8 Å². The van der Waals surface area contributed by atoms with Crippen LogP contribution in [0.5, 0.6) is 5.75 Å². The summed E-state index contributed by atoms with van der Waals surface area (Å²) in [6.45, 7) is 0.0666. The molecule has 3 rings (SSSR count). The summed E-state index contributed by atoms with van der Waals surface area (Å²) in [5.41, 5.74) is -0.553. The molecule has 30 heavy (non-hydrogen) atoms. The summed E-state index contributed by atoms with van der Waals surface area (Å²) in [5, 5.41) is 2.78. The lowest BCUT2D eigenvalue weighted by molar-refractivity contribution is -0.275. The van der Waals surface area contributed by atoms with Gasteiger partial charge in [-0.15, -0.1) is 13.2 Å². The molecule has 164 valence electrons. The van der Waals surface area contributed by atoms with E-state index in [9.17, 15) is 27.6 Å². The number of amides is 4. The first-order chi connectivity index (χ1) is 14.1. The van der Waals surface area contributed by atoms with Gasteiger partial charge in [-0.1, -0.05) is 31.0 Å². The van der Waals surface area contributed by atoms with Gasteiger partial charge in [0.15, 0.2) is 0 Å². The number of rotatable bonds is 7. The number of carbonyl (C=O) groups excluding carboxylic acids is 3. The first kappa shape index (κ1) is 21.9. The third kappa shape index (κ3) is 4.85. The fourth-order valence-electron chi connectivity index (χ4n) is 3.98. The fraction of sp³-hybridized carbons (Fsp3) is 0.550. The van der Waals surface area contributed by atoms with Crippen LogP contribution in [-0.2, 0) is 16.1 Å². The van der Waals surface area contributed by atoms with Crippen molar-refractivity contribution in [2.75, 3.05) is 13.6 Å². The van der Waals surface area contributed by atoms with Gasteiger partial charge in [0.2, 0.25) is 5.91 Å². The van der Waals surface area contributed by atoms with Crippen molar-refractivity contribution in [3.8, 4) is 5.75 Å². The summed E-state index contributed by atoms with van der Waals surface area (Å²) >= 11 is 0. The van der Waals surface area contributed by atoms with Crippen molar-refractivity contribution in [1.82, 2.24) is 15.1 Å². The van der Waals surface area contributed by atoms with Crippen LogP contribution < -0.4 is 10.1 Å². The van der Waals surface area contributed by atoms with Crippen LogP contribution in [0.2, 0.25) is 0 Å². The van der Waals surface area contributed by atoms with Gasteiger partial charge in [-0.3, -0.25) is 14.5 Å². The maximum Gasteiger partial charge on any atom is 0.573 e. The van der Waals surface area contributed by atoms with E-state index in [0.717, 1.165) is 17.7 Å². The van der Waals surface area contributed by atoms with Crippen molar-refractivity contribution in [1.29, 1.82) is 0 Å². The average Bonchev–Trinajstić information content (AvgIpc) is 3.22. The second-order valence-corrected chi connectivity index (χ2v) is 7.69. The number of hydrogen-bond acceptors (Lipinski definition) is 4. The number of para-hydroxylation sites is 1. The minimum Gasteiger partial charge on any atom is -0.405 e. The van der Waals surface area contributed by atoms with Gasteiger partial charge in [0.1, 0.15) is 11.3 Å². The molecule has 1 N–H and O–H groups in total. The Hall–Kier alpha value is -2.78. The number of ether oxygens (including phenoxy) is 1. The van der Waals surface area contributed by atoms with E-state index in [0.29, 0.717) is 12.8 Å². The van der Waals surface area contributed by atoms with E-state index in [1.165, 1.54) is 30.1 Å². The Morgan fingerprint density at radius 3 is 2.57 bits per heavy atom. The average molecular weight is 427 g/mol. The molecule has 1 aliphatic carbocycles. The summed E-state index contributed by atoms with van der Waals surface area (Å²) < 4.78 is 41.6. The van der Waals surface area contributed by atoms with Crippen LogP contribution in [0.3, 0.4) is 0 Å². The lowest BCUT2D eigenvalue weighted by Crippen LogP contribution is -2.44. The summed E-state index contributed by atoms with van der Waals surface area (Å²) in [6.07, 6.45) is -1.43. The van der Waals surface area contributed by atoms with Crippen molar-refractivity contribution < 1.29 is 32.3 Å². The number of halogens is 3. The molecule has 0 atom stereocenters. The number of urea groups is 1. The smallest absolute Gasteiger partial charge is 0.405 e. The third-order valence-corrected chi connectivity index (χ3v) is 5.51. The maximum absolute atomic E-state index is 12.6. The van der Waals surface area contributed by atoms with Crippen LogP contribution in [0.25, 0.3) is 0 Å². The zero-order valence-electron chi connectivity index (χ0n) is 16.6. The topological polar surface area (TPSA) is 79.0 Å². The summed E-state index contributed by atoms with van der Waals surface area (Å²) in [5.74, 6) is -0.894. The van der Waals surface area contributed by atoms with E-state index < -0.39 is 17.9 Å². The van der Waals surface area contributed by atoms with Crippen molar-refractivity contribution in [2.45, 2.75) is 57.0 Å². The minimum atomic E-state index is -4.82. The van der Waals surface area contributed by atoms with Crippen molar-refractivity contribution >= 4 is 17.8 Å². The molecule has 0 radical (unpaired) electrons. The van der Waals surface area contributed by atoms with Gasteiger partial charge in [-0.2, -0.15) is 0 Å². The lowest BCUT2D eigenvalue weighted by atomic mass is 9.98. The van der Waals surface area contributed by atoms with Crippen LogP contribution in [0.1, 0.15) is 44.1 Å². The van der Waals surface area contributed by atoms with Gasteiger partial charge < -0.3 is 15.0 Å². The number of imide groups is 1. The maximum atomic E-state index is 12.6. The van der Waals surface area contributed by atoms with Gasteiger partial charge in [-0.05, 0) is 25.3 Å². The molecule has 1 saturated heterocycles. The molecular formula is C20H24F3N3O4. The van der Waals surface area contributed by atoms with Crippen LogP contribution in [0.15, 0.2) is 24.3 Å². The van der Waals surface area contributed by atoms with E-state index in [2.05, 4.69) is 10.1 Å². The van der Waals surface area contributed by atoms with Crippen molar-refractivity contribution in [3.63, 3.8) is 0 Å². The van der Waals surface area contributed by atoms with E-state index in [-0.39, 0.29) is 49.1 Å². The molecular weight excluding hydrogens is 403 g/mol. The molecule has 1 spiro atoms. The summed E-state index contributed by atoms with van der Waals surface area (Å²) in [7, 11) is 1.48. The molecule has 1 heterocycles. The predicted octanol–water partition coefficient (Wildman–Crippen LogP) is 3.19. The van der Waals surface area contributed by atoms with E-state index in [1.54, 1.807) is 6.07 Å². The number of alkyl halides is 3. The Bertz CT molecular complexity index is 822. The van der Waals surface area contributed by atoms with Crippen LogP contribution in [-0.4, -0.2) is 53.1 Å². The SMILES string of the molecule is CN(Cc1ccccc1OC(F)(F)F)C(=O)CCCN1C(=O)NC2(CCCC2)C1=O. The predicted molar refractivity (Wildman–Crippen MR) is 100 cm³/mol. The van der Waals surface area contributed by atoms with Gasteiger partial charge in [0, 0.05) is 32.1 Å². The summed E-state index contributed by atoms with van der Waals surface area (Å²) in [6, 6.07) is 5.20. The lowest BCUT2D eigenvalue weighted by Gasteiger charge is -2.21. The molecule has 0 aromatic heterocycles. The quantitative estimate of drug-likeness (QED) is 0.678. The highest BCUT2D eigenvalue weighted by Crippen LogP contribution is 2.35. The molecule has 1 saturated carbocycles. The third-order valence-electron chi connectivity index (χ3n) is 5.51. The van der Waals surface area contributed by atoms with Crippen LogP contribution in [0, 0.1) is 0 Å². The second kappa shape index (κ2) is 8.53. The second-order valence-electron chi connectivity index (χ2n) is 7.69. The number of carbonyl (C=O) groups is 3.